The highest BCUT2D eigenvalue weighted by Gasteiger charge is 2.47. The molecule has 15 atom stereocenters. The first kappa shape index (κ1) is 118. The van der Waals surface area contributed by atoms with E-state index in [4.69, 9.17) is 17.2 Å². The number of nitrogens with zero attached hydrogens (tertiary/aromatic N) is 6. The maximum Gasteiger partial charge on any atom is 0.323 e. The van der Waals surface area contributed by atoms with Crippen molar-refractivity contribution in [2.75, 3.05) is 65.4 Å². The summed E-state index contributed by atoms with van der Waals surface area (Å²) in [5.74, 6) is -16.5. The number of para-hydroxylation sites is 2. The normalized spacial score (nSPS) is 24.0. The van der Waals surface area contributed by atoms with E-state index >= 15 is 38.4 Å². The number of unbranched alkanes of at least 4 members (excludes halogenated alkanes) is 11. The second-order valence-electron chi connectivity index (χ2n) is 39.4. The lowest BCUT2D eigenvalue weighted by Crippen LogP contribution is -2.62. The highest BCUT2D eigenvalue weighted by Crippen LogP contribution is 2.30. The Morgan fingerprint density at radius 1 is 0.524 bits per heavy atom. The van der Waals surface area contributed by atoms with E-state index in [0.29, 0.717) is 77.0 Å². The maximum atomic E-state index is 16.1. The molecule has 0 saturated carbocycles. The summed E-state index contributed by atoms with van der Waals surface area (Å²) in [7, 11) is 4.03. The summed E-state index contributed by atoms with van der Waals surface area (Å²) in [6.07, 6.45) is 11.1. The average molecular weight is 2040 g/mol. The number of aliphatic hydroxyl groups is 1. The number of likely N-dealkylation sites (N-methyl/N-ethyl adjacent to an activating group) is 3. The lowest BCUT2D eigenvalue weighted by molar-refractivity contribution is -0.149. The van der Waals surface area contributed by atoms with Crippen molar-refractivity contribution in [1.82, 2.24) is 87.2 Å². The number of nitrogens with one attached hydrogen (secondary N) is 11. The van der Waals surface area contributed by atoms with Crippen molar-refractivity contribution in [3.8, 4) is 5.75 Å². The van der Waals surface area contributed by atoms with E-state index in [-0.39, 0.29) is 119 Å². The molecule has 16 amide bonds. The van der Waals surface area contributed by atoms with E-state index in [1.807, 2.05) is 27.7 Å². The van der Waals surface area contributed by atoms with Crippen LogP contribution in [0.15, 0.2) is 85.2 Å². The largest absolute Gasteiger partial charge is 0.508 e. The smallest absolute Gasteiger partial charge is 0.323 e. The van der Waals surface area contributed by atoms with Gasteiger partial charge in [0.15, 0.2) is 0 Å². The number of rotatable bonds is 37. The number of thioether (sulfide) groups is 1. The summed E-state index contributed by atoms with van der Waals surface area (Å²) < 4.78 is 1.46. The first-order chi connectivity index (χ1) is 69.1. The van der Waals surface area contributed by atoms with Crippen LogP contribution in [0, 0.1) is 11.8 Å². The van der Waals surface area contributed by atoms with Crippen LogP contribution in [0.4, 0.5) is 0 Å². The summed E-state index contributed by atoms with van der Waals surface area (Å²) in [6, 6.07) is -1.41. The van der Waals surface area contributed by atoms with Gasteiger partial charge in [-0.05, 0) is 131 Å². The number of benzene rings is 3. The van der Waals surface area contributed by atoms with Gasteiger partial charge in [0.2, 0.25) is 94.5 Å². The van der Waals surface area contributed by atoms with Crippen LogP contribution >= 0.6 is 11.8 Å². The average Bonchev–Trinajstić information content (AvgIpc) is 1.69. The molecule has 8 rings (SSSR count). The van der Waals surface area contributed by atoms with Gasteiger partial charge in [-0.15, -0.1) is 11.8 Å². The van der Waals surface area contributed by atoms with Crippen molar-refractivity contribution < 1.29 is 102 Å². The monoisotopic (exact) mass is 2040 g/mol. The molecule has 2 aromatic heterocycles. The van der Waals surface area contributed by atoms with Crippen molar-refractivity contribution in [1.29, 1.82) is 0 Å². The number of phenols is 1. The number of amides is 16. The fourth-order valence-corrected chi connectivity index (χ4v) is 19.6. The number of Topliss-reactive ketones (excluding diaryl/α,β-unsaturated/α-hetero) is 1. The molecule has 5 heterocycles. The van der Waals surface area contributed by atoms with Crippen LogP contribution in [0.25, 0.3) is 21.8 Å². The standard InChI is InChI=1S/C103H154N20O21S/c1-12-14-35-83-96(137)111-74(47-61(3)4)93(134)117-81(91(132)107-45-29-23-21-19-17-16-18-20-22-24-31-63(7)124)59-145-60-88(128)109-77(49-65-39-41-68(125)42-40-65)99(140)118(9)64(8)90(131)113-79(53-87(106)127)101(142)122-46-30-38-84(122)97(138)116-80(54-105)95(136)114-76(48-62(5)6)102(143)123-57-69(126)52-86(123)98(139)112-75(50-66-55-108-72-34-27-25-32-70(66)72)94(135)110-73(43-44-104)92(133)115-78(100(141)120(11)85(36-15-13-2)103(144)119(83)10)51-67-56-121(58-89(129)130)82-37-28-26-33-71(67)82/h25-28,32-34,37,39-42,55-56,61-62,64,69,73-81,83-86,108,125-126H,12-24,29-31,35-36,38,43-54,57-60,104-105H2,1-11H3,(H2,106,127)(H,107,132)(H,109,128)(H,110,135)(H,111,137)(H,112,139)(H,113,131)(H,114,136)(H,115,133)(H,116,138)(H,117,134)(H,129,130)/t64-,69+,73-,74-,75-,76-,77-,78-,79-,80-,81-,83-,84-,85-,86-/m0/s1. The van der Waals surface area contributed by atoms with Gasteiger partial charge < -0.3 is 125 Å². The summed E-state index contributed by atoms with van der Waals surface area (Å²) >= 11 is 0.914. The van der Waals surface area contributed by atoms with Gasteiger partial charge in [0.05, 0.1) is 18.3 Å². The van der Waals surface area contributed by atoms with Gasteiger partial charge in [0.25, 0.3) is 0 Å². The highest BCUT2D eigenvalue weighted by atomic mass is 32.2. The Kier molecular flexibility index (Phi) is 47.5. The Labute approximate surface area is 852 Å². The number of carbonyl (C=O) groups excluding carboxylic acids is 17. The molecule has 0 unspecified atom stereocenters. The number of primary amides is 1. The zero-order valence-electron chi connectivity index (χ0n) is 85.7. The number of ketones is 1. The number of aliphatic hydroxyl groups excluding tert-OH is 1. The van der Waals surface area contributed by atoms with Crippen LogP contribution in [-0.2, 0) is 112 Å². The molecule has 3 aliphatic rings. The molecule has 3 saturated heterocycles. The van der Waals surface area contributed by atoms with E-state index in [0.717, 1.165) is 84.2 Å². The molecule has 145 heavy (non-hydrogen) atoms. The van der Waals surface area contributed by atoms with Gasteiger partial charge in [-0.3, -0.25) is 81.5 Å². The predicted octanol–water partition coefficient (Wildman–Crippen LogP) is 3.16. The molecule has 41 nitrogen and oxygen atoms in total. The maximum absolute atomic E-state index is 16.1. The third-order valence-corrected chi connectivity index (χ3v) is 27.9. The lowest BCUT2D eigenvalue weighted by atomic mass is 9.99. The van der Waals surface area contributed by atoms with Gasteiger partial charge in [-0.1, -0.05) is 167 Å². The van der Waals surface area contributed by atoms with Crippen molar-refractivity contribution in [3.63, 3.8) is 0 Å². The number of phenolic OH excluding ortho intramolecular Hbond substituents is 1. The highest BCUT2D eigenvalue weighted by molar-refractivity contribution is 8.00. The SMILES string of the molecule is CCCC[C@H]1C(=O)N(C)[C@@H](CCCC)C(=O)N[C@@H](CC(C)C)C(=O)N[C@H](C(=O)NCCCCCCCCCCCCC(C)=O)CSCC(=O)N[C@@H](Cc2ccc(O)cc2)C(=O)N(C)[C@@H](C)C(=O)N[C@@H](CC(N)=O)C(=O)N2CCC[C@H]2C(=O)N[C@@H](CN)C(=O)N[C@@H](CC(C)C)C(=O)N2C[C@H](O)C[C@H]2C(=O)N[C@@H](Cc2c[nH]c3ccccc23)C(=O)N[C@@H](CCN)C(=O)N[C@@H](Cc2cn(CC(=O)O)c3ccccc23)C(=O)N1C. The second-order valence-corrected chi connectivity index (χ2v) is 40.4. The van der Waals surface area contributed by atoms with Gasteiger partial charge >= 0.3 is 5.97 Å². The molecule has 3 aliphatic heterocycles. The number of aromatic hydroxyl groups is 1. The summed E-state index contributed by atoms with van der Waals surface area (Å²) in [5, 5.41) is 60.8. The lowest BCUT2D eigenvalue weighted by Gasteiger charge is -2.36. The molecular weight excluding hydrogens is 1890 g/mol. The molecule has 0 spiro atoms. The molecule has 0 radical (unpaired) electrons. The Hall–Kier alpha value is -12.6. The van der Waals surface area contributed by atoms with E-state index in [9.17, 15) is 63.3 Å². The van der Waals surface area contributed by atoms with Crippen molar-refractivity contribution in [3.05, 3.63) is 102 Å². The molecule has 42 heteroatoms. The molecule has 5 aromatic rings. The van der Waals surface area contributed by atoms with Gasteiger partial charge in [0, 0.05) is 119 Å². The summed E-state index contributed by atoms with van der Waals surface area (Å²) in [6.45, 7) is 12.0. The van der Waals surface area contributed by atoms with Crippen LogP contribution in [0.5, 0.6) is 5.75 Å². The number of H-pyrrole nitrogens is 1. The molecule has 20 N–H and O–H groups in total. The third kappa shape index (κ3) is 35.4. The van der Waals surface area contributed by atoms with Crippen molar-refractivity contribution in [2.45, 2.75) is 326 Å². The first-order valence-electron chi connectivity index (χ1n) is 51.0. The zero-order valence-corrected chi connectivity index (χ0v) is 86.5. The fourth-order valence-electron chi connectivity index (χ4n) is 18.8. The molecule has 3 fully saturated rings. The summed E-state index contributed by atoms with van der Waals surface area (Å²) in [4.78, 5) is 273. The van der Waals surface area contributed by atoms with Crippen molar-refractivity contribution in [2.24, 2.45) is 29.0 Å². The summed E-state index contributed by atoms with van der Waals surface area (Å²) in [5.41, 5.74) is 20.7. The Balaban J connectivity index is 1.19. The Morgan fingerprint density at radius 2 is 1.06 bits per heavy atom. The molecular formula is C103H154N20O21S. The predicted molar refractivity (Wildman–Crippen MR) is 547 cm³/mol. The van der Waals surface area contributed by atoms with E-state index in [2.05, 4.69) is 58.2 Å². The number of hydrogen-bond donors (Lipinski definition) is 17. The van der Waals surface area contributed by atoms with Crippen molar-refractivity contribution >= 4 is 140 Å². The minimum Gasteiger partial charge on any atom is -0.508 e. The quantitative estimate of drug-likeness (QED) is 0.0254. The third-order valence-electron chi connectivity index (χ3n) is 26.9. The number of fused-ring (bicyclic) bond motifs is 4. The fraction of sp³-hybridized carbons (Fsp3) is 0.612. The molecule has 3 aromatic carbocycles. The van der Waals surface area contributed by atoms with Crippen LogP contribution in [0.1, 0.15) is 226 Å². The van der Waals surface area contributed by atoms with Gasteiger partial charge in [0.1, 0.15) is 103 Å². The van der Waals surface area contributed by atoms with Crippen LogP contribution in [-0.4, -0.2) is 312 Å². The Morgan fingerprint density at radius 3 is 1.69 bits per heavy atom. The molecule has 0 aliphatic carbocycles. The minimum atomic E-state index is -1.75. The van der Waals surface area contributed by atoms with E-state index in [1.54, 1.807) is 75.5 Å². The zero-order chi connectivity index (χ0) is 106. The number of nitrogens with two attached hydrogens (primary N) is 3. The molecule has 798 valence electrons. The van der Waals surface area contributed by atoms with Crippen LogP contribution in [0.3, 0.4) is 0 Å². The first-order valence-corrected chi connectivity index (χ1v) is 52.2. The number of hydrogen-bond acceptors (Lipinski definition) is 23. The van der Waals surface area contributed by atoms with Crippen LogP contribution < -0.4 is 70.4 Å². The number of carboxylic acid groups (broad SMARTS) is 1. The van der Waals surface area contributed by atoms with Gasteiger partial charge in [-0.25, -0.2) is 0 Å². The van der Waals surface area contributed by atoms with Gasteiger partial charge in [-0.2, -0.15) is 0 Å². The molecule has 0 bridgehead atoms. The van der Waals surface area contributed by atoms with E-state index < -0.39 is 223 Å². The Bertz CT molecular complexity index is 5260. The number of aromatic nitrogens is 2. The number of aromatic amines is 1. The number of carboxylic acids is 1. The van der Waals surface area contributed by atoms with Crippen LogP contribution in [0.2, 0.25) is 0 Å². The number of aliphatic carboxylic acids is 1. The topological polar surface area (TPSA) is 603 Å². The number of carbonyl (C=O) groups is 18. The minimum absolute atomic E-state index is 0.00104. The van der Waals surface area contributed by atoms with E-state index in [1.165, 1.54) is 72.9 Å². The second kappa shape index (κ2) is 58.5.